The van der Waals surface area contributed by atoms with Gasteiger partial charge in [0.1, 0.15) is 5.66 Å². The van der Waals surface area contributed by atoms with Crippen LogP contribution in [0.2, 0.25) is 0 Å². The molecular weight excluding hydrogens is 298 g/mol. The number of benzene rings is 2. The second kappa shape index (κ2) is 6.35. The molecule has 0 radical (unpaired) electrons. The highest BCUT2D eigenvalue weighted by atomic mass is 15.4. The van der Waals surface area contributed by atoms with Crippen LogP contribution in [0.3, 0.4) is 0 Å². The van der Waals surface area contributed by atoms with Crippen LogP contribution in [0.25, 0.3) is 0 Å². The Morgan fingerprint density at radius 3 is 2.29 bits per heavy atom. The van der Waals surface area contributed by atoms with E-state index in [2.05, 4.69) is 46.4 Å². The van der Waals surface area contributed by atoms with E-state index in [0.717, 1.165) is 18.5 Å². The number of aryl methyl sites for hydroxylation is 2. The van der Waals surface area contributed by atoms with E-state index < -0.39 is 5.66 Å². The number of nitrogens with two attached hydrogens (primary N) is 2. The summed E-state index contributed by atoms with van der Waals surface area (Å²) in [5.74, 6) is 0.585. The number of hydrogen-bond donors (Lipinski definition) is 2. The van der Waals surface area contributed by atoms with Gasteiger partial charge in [0.25, 0.3) is 0 Å². The number of hydrogen-bond acceptors (Lipinski definition) is 5. The minimum atomic E-state index is -0.562. The van der Waals surface area contributed by atoms with Crippen molar-refractivity contribution in [2.24, 2.45) is 21.5 Å². The van der Waals surface area contributed by atoms with Crippen molar-refractivity contribution in [3.63, 3.8) is 0 Å². The summed E-state index contributed by atoms with van der Waals surface area (Å²) in [4.78, 5) is 10.4. The summed E-state index contributed by atoms with van der Waals surface area (Å²) in [5.41, 5.74) is 14.8. The number of aliphatic imine (C=N–C) groups is 2. The first kappa shape index (κ1) is 16.1. The molecule has 2 aromatic carbocycles. The SMILES string of the molecule is CC1(C)N=C(N)N=C(N)N1c1cccc(CCc2ccccc2)c1. The summed E-state index contributed by atoms with van der Waals surface area (Å²) in [5, 5.41) is 0. The van der Waals surface area contributed by atoms with E-state index in [4.69, 9.17) is 11.5 Å². The maximum Gasteiger partial charge on any atom is 0.220 e. The summed E-state index contributed by atoms with van der Waals surface area (Å²) in [6.45, 7) is 3.94. The van der Waals surface area contributed by atoms with E-state index in [0.29, 0.717) is 5.96 Å². The molecule has 124 valence electrons. The van der Waals surface area contributed by atoms with Gasteiger partial charge in [-0.15, -0.1) is 0 Å². The van der Waals surface area contributed by atoms with Crippen molar-refractivity contribution in [3.05, 3.63) is 65.7 Å². The fraction of sp³-hybridized carbons (Fsp3) is 0.263. The largest absolute Gasteiger partial charge is 0.369 e. The Labute approximate surface area is 142 Å². The molecule has 0 atom stereocenters. The Hall–Kier alpha value is -2.82. The third kappa shape index (κ3) is 3.40. The second-order valence-corrected chi connectivity index (χ2v) is 6.43. The molecule has 0 aliphatic carbocycles. The third-order valence-electron chi connectivity index (χ3n) is 4.11. The van der Waals surface area contributed by atoms with Gasteiger partial charge in [-0.2, -0.15) is 4.99 Å². The fourth-order valence-corrected chi connectivity index (χ4v) is 3.04. The van der Waals surface area contributed by atoms with E-state index in [-0.39, 0.29) is 5.96 Å². The van der Waals surface area contributed by atoms with Gasteiger partial charge in [0.2, 0.25) is 11.9 Å². The van der Waals surface area contributed by atoms with E-state index >= 15 is 0 Å². The number of rotatable bonds is 4. The molecule has 1 heterocycles. The molecule has 0 amide bonds. The van der Waals surface area contributed by atoms with Crippen molar-refractivity contribution < 1.29 is 0 Å². The number of anilines is 1. The Morgan fingerprint density at radius 1 is 0.917 bits per heavy atom. The molecule has 0 aromatic heterocycles. The van der Waals surface area contributed by atoms with E-state index in [1.54, 1.807) is 0 Å². The Balaban J connectivity index is 1.82. The van der Waals surface area contributed by atoms with Crippen LogP contribution in [0, 0.1) is 0 Å². The van der Waals surface area contributed by atoms with Crippen molar-refractivity contribution >= 4 is 17.6 Å². The van der Waals surface area contributed by atoms with Crippen LogP contribution in [0.5, 0.6) is 0 Å². The van der Waals surface area contributed by atoms with Gasteiger partial charge in [0.15, 0.2) is 0 Å². The maximum absolute atomic E-state index is 6.11. The molecule has 1 aliphatic rings. The topological polar surface area (TPSA) is 80.0 Å². The van der Waals surface area contributed by atoms with Crippen molar-refractivity contribution in [2.75, 3.05) is 4.90 Å². The number of nitrogens with zero attached hydrogens (tertiary/aromatic N) is 3. The molecule has 0 fully saturated rings. The van der Waals surface area contributed by atoms with E-state index in [9.17, 15) is 0 Å². The summed E-state index contributed by atoms with van der Waals surface area (Å²) in [6, 6.07) is 18.8. The standard InChI is InChI=1S/C19H23N5/c1-19(2)23-17(20)22-18(21)24(19)16-10-6-9-15(13-16)12-11-14-7-4-3-5-8-14/h3-10,13H,11-12H2,1-2H3,(H4,20,21,22,23). The highest BCUT2D eigenvalue weighted by Gasteiger charge is 2.32. The molecule has 5 nitrogen and oxygen atoms in total. The Kier molecular flexibility index (Phi) is 4.25. The highest BCUT2D eigenvalue weighted by molar-refractivity contribution is 6.05. The molecule has 4 N–H and O–H groups in total. The zero-order valence-electron chi connectivity index (χ0n) is 14.1. The first-order valence-electron chi connectivity index (χ1n) is 8.08. The molecule has 0 spiro atoms. The summed E-state index contributed by atoms with van der Waals surface area (Å²) < 4.78 is 0. The molecule has 0 saturated carbocycles. The summed E-state index contributed by atoms with van der Waals surface area (Å²) in [6.07, 6.45) is 1.97. The lowest BCUT2D eigenvalue weighted by Gasteiger charge is -2.38. The van der Waals surface area contributed by atoms with Crippen LogP contribution in [-0.4, -0.2) is 17.6 Å². The van der Waals surface area contributed by atoms with Crippen LogP contribution in [0.1, 0.15) is 25.0 Å². The average molecular weight is 321 g/mol. The lowest BCUT2D eigenvalue weighted by molar-refractivity contribution is 0.534. The van der Waals surface area contributed by atoms with Crippen LogP contribution in [-0.2, 0) is 12.8 Å². The smallest absolute Gasteiger partial charge is 0.220 e. The monoisotopic (exact) mass is 321 g/mol. The normalized spacial score (nSPS) is 16.5. The number of guanidine groups is 2. The van der Waals surface area contributed by atoms with E-state index in [1.807, 2.05) is 36.9 Å². The zero-order chi connectivity index (χ0) is 17.2. The minimum absolute atomic E-state index is 0.217. The molecule has 5 heteroatoms. The van der Waals surface area contributed by atoms with Gasteiger partial charge in [-0.25, -0.2) is 4.99 Å². The first-order valence-corrected chi connectivity index (χ1v) is 8.08. The predicted octanol–water partition coefficient (Wildman–Crippen LogP) is 2.66. The molecule has 0 saturated heterocycles. The van der Waals surface area contributed by atoms with E-state index in [1.165, 1.54) is 11.1 Å². The molecule has 2 aromatic rings. The second-order valence-electron chi connectivity index (χ2n) is 6.43. The maximum atomic E-state index is 6.11. The molecular formula is C19H23N5. The van der Waals surface area contributed by atoms with Crippen molar-refractivity contribution in [2.45, 2.75) is 32.4 Å². The van der Waals surface area contributed by atoms with Gasteiger partial charge in [-0.1, -0.05) is 42.5 Å². The quantitative estimate of drug-likeness (QED) is 0.908. The lowest BCUT2D eigenvalue weighted by Crippen LogP contribution is -2.54. The van der Waals surface area contributed by atoms with Gasteiger partial charge in [-0.05, 0) is 49.9 Å². The minimum Gasteiger partial charge on any atom is -0.369 e. The van der Waals surface area contributed by atoms with Gasteiger partial charge < -0.3 is 11.5 Å². The third-order valence-corrected chi connectivity index (χ3v) is 4.11. The van der Waals surface area contributed by atoms with Crippen molar-refractivity contribution in [3.8, 4) is 0 Å². The van der Waals surface area contributed by atoms with Crippen LogP contribution in [0.4, 0.5) is 5.69 Å². The van der Waals surface area contributed by atoms with Gasteiger partial charge >= 0.3 is 0 Å². The Morgan fingerprint density at radius 2 is 1.58 bits per heavy atom. The average Bonchev–Trinajstić information content (AvgIpc) is 2.52. The van der Waals surface area contributed by atoms with Crippen LogP contribution < -0.4 is 16.4 Å². The zero-order valence-corrected chi connectivity index (χ0v) is 14.1. The van der Waals surface area contributed by atoms with Gasteiger partial charge in [-0.3, -0.25) is 4.90 Å². The van der Waals surface area contributed by atoms with Crippen LogP contribution >= 0.6 is 0 Å². The Bertz CT molecular complexity index is 777. The summed E-state index contributed by atoms with van der Waals surface area (Å²) >= 11 is 0. The fourth-order valence-electron chi connectivity index (χ4n) is 3.04. The van der Waals surface area contributed by atoms with Gasteiger partial charge in [0.05, 0.1) is 0 Å². The molecule has 0 unspecified atom stereocenters. The van der Waals surface area contributed by atoms with Crippen molar-refractivity contribution in [1.29, 1.82) is 0 Å². The molecule has 24 heavy (non-hydrogen) atoms. The predicted molar refractivity (Wildman–Crippen MR) is 100 cm³/mol. The first-order chi connectivity index (χ1) is 11.5. The molecule has 0 bridgehead atoms. The van der Waals surface area contributed by atoms with Crippen LogP contribution in [0.15, 0.2) is 64.6 Å². The molecule has 1 aliphatic heterocycles. The highest BCUT2D eigenvalue weighted by Crippen LogP contribution is 2.28. The van der Waals surface area contributed by atoms with Crippen molar-refractivity contribution in [1.82, 2.24) is 0 Å². The molecule has 3 rings (SSSR count). The van der Waals surface area contributed by atoms with Gasteiger partial charge in [0, 0.05) is 5.69 Å². The lowest BCUT2D eigenvalue weighted by atomic mass is 10.0. The summed E-state index contributed by atoms with van der Waals surface area (Å²) in [7, 11) is 0.